The Morgan fingerprint density at radius 2 is 2.08 bits per heavy atom. The number of piperidine rings is 1. The highest BCUT2D eigenvalue weighted by Crippen LogP contribution is 2.25. The van der Waals surface area contributed by atoms with Gasteiger partial charge < -0.3 is 15.3 Å². The van der Waals surface area contributed by atoms with Gasteiger partial charge in [-0.05, 0) is 49.6 Å². The second-order valence-electron chi connectivity index (χ2n) is 6.22. The molecule has 0 bridgehead atoms. The molecule has 4 nitrogen and oxygen atoms in total. The topological polar surface area (TPSA) is 52.6 Å². The number of anilines is 1. The first-order valence-corrected chi connectivity index (χ1v) is 8.14. The fourth-order valence-electron chi connectivity index (χ4n) is 3.10. The molecule has 1 saturated heterocycles. The summed E-state index contributed by atoms with van der Waals surface area (Å²) in [4.78, 5) is 14.4. The Morgan fingerprint density at radius 1 is 1.29 bits per heavy atom. The maximum Gasteiger partial charge on any atom is 0.257 e. The zero-order valence-corrected chi connectivity index (χ0v) is 13.6. The van der Waals surface area contributed by atoms with Crippen LogP contribution in [0.5, 0.6) is 5.75 Å². The number of nitrogens with zero attached hydrogens (tertiary/aromatic N) is 1. The molecule has 0 saturated carbocycles. The molecule has 2 aromatic rings. The van der Waals surface area contributed by atoms with Gasteiger partial charge >= 0.3 is 0 Å². The Balaban J connectivity index is 1.71. The summed E-state index contributed by atoms with van der Waals surface area (Å²) in [6.07, 6.45) is 1.78. The number of phenolic OH excluding ortho intramolecular Hbond substituents is 1. The summed E-state index contributed by atoms with van der Waals surface area (Å²) in [6, 6.07) is 11.6. The Hall–Kier alpha value is -2.56. The molecule has 0 aromatic heterocycles. The molecule has 5 heteroatoms. The summed E-state index contributed by atoms with van der Waals surface area (Å²) >= 11 is 0. The second-order valence-corrected chi connectivity index (χ2v) is 6.22. The van der Waals surface area contributed by atoms with E-state index in [2.05, 4.69) is 5.32 Å². The standard InChI is InChI=1S/C19H21FN2O2/c1-13-5-2-9-17(18(13)23)19(24)22-10-4-8-16(12-22)21-15-7-3-6-14(20)11-15/h2-3,5-7,9,11,16,21,23H,4,8,10,12H2,1H3/t16-/m1/s1. The number of hydrogen-bond acceptors (Lipinski definition) is 3. The van der Waals surface area contributed by atoms with E-state index in [9.17, 15) is 14.3 Å². The van der Waals surface area contributed by atoms with Gasteiger partial charge in [0.1, 0.15) is 11.6 Å². The van der Waals surface area contributed by atoms with Crippen LogP contribution in [0.4, 0.5) is 10.1 Å². The SMILES string of the molecule is Cc1cccc(C(=O)N2CCC[C@@H](Nc3cccc(F)c3)C2)c1O. The monoisotopic (exact) mass is 328 g/mol. The Bertz CT molecular complexity index is 748. The molecular weight excluding hydrogens is 307 g/mol. The van der Waals surface area contributed by atoms with Crippen molar-refractivity contribution >= 4 is 11.6 Å². The van der Waals surface area contributed by atoms with Crippen molar-refractivity contribution in [1.82, 2.24) is 4.90 Å². The van der Waals surface area contributed by atoms with Crippen molar-refractivity contribution in [3.05, 3.63) is 59.4 Å². The van der Waals surface area contributed by atoms with E-state index in [1.165, 1.54) is 12.1 Å². The third-order valence-corrected chi connectivity index (χ3v) is 4.37. The predicted octanol–water partition coefficient (Wildman–Crippen LogP) is 3.56. The molecule has 126 valence electrons. The third kappa shape index (κ3) is 3.50. The van der Waals surface area contributed by atoms with E-state index in [4.69, 9.17) is 0 Å². The minimum absolute atomic E-state index is 0.0442. The fourth-order valence-corrected chi connectivity index (χ4v) is 3.10. The highest BCUT2D eigenvalue weighted by molar-refractivity contribution is 5.97. The van der Waals surface area contributed by atoms with Gasteiger partial charge in [0.05, 0.1) is 5.56 Å². The van der Waals surface area contributed by atoms with Crippen LogP contribution in [0, 0.1) is 12.7 Å². The van der Waals surface area contributed by atoms with Crippen LogP contribution in [0.1, 0.15) is 28.8 Å². The van der Waals surface area contributed by atoms with E-state index in [0.29, 0.717) is 29.9 Å². The zero-order valence-electron chi connectivity index (χ0n) is 13.6. The molecule has 2 N–H and O–H groups in total. The minimum Gasteiger partial charge on any atom is -0.507 e. The first kappa shape index (κ1) is 16.3. The number of aryl methyl sites for hydroxylation is 1. The maximum atomic E-state index is 13.3. The van der Waals surface area contributed by atoms with Crippen LogP contribution >= 0.6 is 0 Å². The van der Waals surface area contributed by atoms with Gasteiger partial charge in [-0.3, -0.25) is 4.79 Å². The van der Waals surface area contributed by atoms with Crippen LogP contribution in [0.25, 0.3) is 0 Å². The number of likely N-dealkylation sites (tertiary alicyclic amines) is 1. The largest absolute Gasteiger partial charge is 0.507 e. The lowest BCUT2D eigenvalue weighted by atomic mass is 10.0. The summed E-state index contributed by atoms with van der Waals surface area (Å²) in [5.74, 6) is -0.405. The molecule has 1 aliphatic rings. The number of halogens is 1. The number of phenols is 1. The van der Waals surface area contributed by atoms with Crippen LogP contribution in [-0.4, -0.2) is 35.0 Å². The van der Waals surface area contributed by atoms with Crippen LogP contribution in [0.15, 0.2) is 42.5 Å². The Labute approximate surface area is 140 Å². The molecule has 0 spiro atoms. The number of carbonyl (C=O) groups is 1. The normalized spacial score (nSPS) is 17.6. The molecule has 3 rings (SSSR count). The number of benzene rings is 2. The fraction of sp³-hybridized carbons (Fsp3) is 0.316. The first-order chi connectivity index (χ1) is 11.5. The third-order valence-electron chi connectivity index (χ3n) is 4.37. The van der Waals surface area contributed by atoms with Gasteiger partial charge in [0.15, 0.2) is 0 Å². The van der Waals surface area contributed by atoms with Crippen LogP contribution in [0.3, 0.4) is 0 Å². The lowest BCUT2D eigenvalue weighted by Gasteiger charge is -2.34. The highest BCUT2D eigenvalue weighted by atomic mass is 19.1. The van der Waals surface area contributed by atoms with Crippen molar-refractivity contribution in [3.8, 4) is 5.75 Å². The van der Waals surface area contributed by atoms with Gasteiger partial charge in [0.25, 0.3) is 5.91 Å². The summed E-state index contributed by atoms with van der Waals surface area (Å²) in [5, 5.41) is 13.4. The van der Waals surface area contributed by atoms with Crippen LogP contribution < -0.4 is 5.32 Å². The highest BCUT2D eigenvalue weighted by Gasteiger charge is 2.26. The van der Waals surface area contributed by atoms with Crippen molar-refractivity contribution in [2.45, 2.75) is 25.8 Å². The number of amides is 1. The van der Waals surface area contributed by atoms with Crippen molar-refractivity contribution in [1.29, 1.82) is 0 Å². The smallest absolute Gasteiger partial charge is 0.257 e. The van der Waals surface area contributed by atoms with Crippen molar-refractivity contribution < 1.29 is 14.3 Å². The first-order valence-electron chi connectivity index (χ1n) is 8.14. The summed E-state index contributed by atoms with van der Waals surface area (Å²) in [7, 11) is 0. The van der Waals surface area contributed by atoms with E-state index < -0.39 is 0 Å². The average Bonchev–Trinajstić information content (AvgIpc) is 2.57. The molecule has 24 heavy (non-hydrogen) atoms. The maximum absolute atomic E-state index is 13.3. The van der Waals surface area contributed by atoms with E-state index in [1.54, 1.807) is 36.1 Å². The summed E-state index contributed by atoms with van der Waals surface area (Å²) < 4.78 is 13.3. The van der Waals surface area contributed by atoms with Gasteiger partial charge in [0.2, 0.25) is 0 Å². The number of para-hydroxylation sites is 1. The number of hydrogen-bond donors (Lipinski definition) is 2. The Morgan fingerprint density at radius 3 is 2.88 bits per heavy atom. The summed E-state index contributed by atoms with van der Waals surface area (Å²) in [5.41, 5.74) is 1.74. The number of rotatable bonds is 3. The molecule has 2 aromatic carbocycles. The van der Waals surface area contributed by atoms with Gasteiger partial charge in [0, 0.05) is 24.8 Å². The molecule has 1 aliphatic heterocycles. The van der Waals surface area contributed by atoms with Gasteiger partial charge in [-0.15, -0.1) is 0 Å². The minimum atomic E-state index is -0.284. The van der Waals surface area contributed by atoms with Crippen LogP contribution in [-0.2, 0) is 0 Å². The molecule has 1 heterocycles. The Kier molecular flexibility index (Phi) is 4.69. The molecule has 0 aliphatic carbocycles. The van der Waals surface area contributed by atoms with Crippen molar-refractivity contribution in [2.75, 3.05) is 18.4 Å². The molecule has 0 radical (unpaired) electrons. The molecule has 0 unspecified atom stereocenters. The van der Waals surface area contributed by atoms with Gasteiger partial charge in [-0.1, -0.05) is 18.2 Å². The predicted molar refractivity (Wildman–Crippen MR) is 91.8 cm³/mol. The molecular formula is C19H21FN2O2. The molecule has 1 fully saturated rings. The number of aromatic hydroxyl groups is 1. The molecule has 1 atom stereocenters. The van der Waals surface area contributed by atoms with Crippen molar-refractivity contribution in [2.24, 2.45) is 0 Å². The van der Waals surface area contributed by atoms with E-state index in [1.807, 2.05) is 6.07 Å². The van der Waals surface area contributed by atoms with Gasteiger partial charge in [-0.25, -0.2) is 4.39 Å². The van der Waals surface area contributed by atoms with E-state index >= 15 is 0 Å². The number of carbonyl (C=O) groups excluding carboxylic acids is 1. The van der Waals surface area contributed by atoms with E-state index in [0.717, 1.165) is 12.8 Å². The lowest BCUT2D eigenvalue weighted by Crippen LogP contribution is -2.45. The van der Waals surface area contributed by atoms with E-state index in [-0.39, 0.29) is 23.5 Å². The lowest BCUT2D eigenvalue weighted by molar-refractivity contribution is 0.0711. The number of nitrogens with one attached hydrogen (secondary N) is 1. The van der Waals surface area contributed by atoms with Gasteiger partial charge in [-0.2, -0.15) is 0 Å². The summed E-state index contributed by atoms with van der Waals surface area (Å²) in [6.45, 7) is 2.97. The van der Waals surface area contributed by atoms with Crippen LogP contribution in [0.2, 0.25) is 0 Å². The second kappa shape index (κ2) is 6.91. The zero-order chi connectivity index (χ0) is 17.1. The average molecular weight is 328 g/mol. The molecule has 1 amide bonds. The quantitative estimate of drug-likeness (QED) is 0.906. The van der Waals surface area contributed by atoms with Crippen molar-refractivity contribution in [3.63, 3.8) is 0 Å².